The quantitative estimate of drug-likeness (QED) is 0.0790. The van der Waals surface area contributed by atoms with Crippen molar-refractivity contribution in [2.24, 2.45) is 0 Å². The lowest BCUT2D eigenvalue weighted by Crippen LogP contribution is -2.39. The zero-order valence-electron chi connectivity index (χ0n) is 29.1. The summed E-state index contributed by atoms with van der Waals surface area (Å²) in [4.78, 5) is 14.6. The maximum atomic E-state index is 14.6. The zero-order chi connectivity index (χ0) is 35.1. The minimum absolute atomic E-state index is 0.131. The molecular formula is C41H50O7. The van der Waals surface area contributed by atoms with Gasteiger partial charge in [0, 0.05) is 22.3 Å². The molecule has 48 heavy (non-hydrogen) atoms. The third-order valence-corrected chi connectivity index (χ3v) is 9.43. The Morgan fingerprint density at radius 2 is 0.771 bits per heavy atom. The van der Waals surface area contributed by atoms with Crippen molar-refractivity contribution in [3.05, 3.63) is 117 Å². The summed E-state index contributed by atoms with van der Waals surface area (Å²) in [5, 5.41) is 41.8. The molecule has 0 bridgehead atoms. The van der Waals surface area contributed by atoms with Crippen LogP contribution in [0.5, 0.6) is 23.0 Å². The number of benzene rings is 4. The van der Waals surface area contributed by atoms with Crippen LogP contribution in [0.4, 0.5) is 4.79 Å². The van der Waals surface area contributed by atoms with Gasteiger partial charge in [0.25, 0.3) is 0 Å². The second-order valence-corrected chi connectivity index (χ2v) is 13.0. The summed E-state index contributed by atoms with van der Waals surface area (Å²) in [5.41, 5.74) is 2.60. The Balaban J connectivity index is 1.94. The SMILES string of the molecule is CCCCCC(OC(=O)OC(CCCCC)(c1ccc(O)c(C)c1)c1ccc(O)c(C)c1)(c1ccc(O)c(C)c1)c1ccc(O)c(C)c1. The molecule has 0 radical (unpaired) electrons. The van der Waals surface area contributed by atoms with Crippen molar-refractivity contribution in [1.82, 2.24) is 0 Å². The molecule has 0 aromatic heterocycles. The van der Waals surface area contributed by atoms with Crippen LogP contribution in [0.25, 0.3) is 0 Å². The molecule has 7 heteroatoms. The van der Waals surface area contributed by atoms with Crippen molar-refractivity contribution in [2.45, 2.75) is 104 Å². The highest BCUT2D eigenvalue weighted by molar-refractivity contribution is 5.65. The van der Waals surface area contributed by atoms with Crippen LogP contribution in [0.2, 0.25) is 0 Å². The molecule has 256 valence electrons. The van der Waals surface area contributed by atoms with Gasteiger partial charge in [0.05, 0.1) is 0 Å². The summed E-state index contributed by atoms with van der Waals surface area (Å²) in [6, 6.07) is 20.8. The first-order valence-electron chi connectivity index (χ1n) is 17.0. The van der Waals surface area contributed by atoms with E-state index < -0.39 is 17.4 Å². The van der Waals surface area contributed by atoms with Gasteiger partial charge in [-0.2, -0.15) is 0 Å². The fraction of sp³-hybridized carbons (Fsp3) is 0.390. The molecular weight excluding hydrogens is 604 g/mol. The van der Waals surface area contributed by atoms with E-state index in [1.165, 1.54) is 0 Å². The lowest BCUT2D eigenvalue weighted by atomic mass is 9.80. The molecule has 0 saturated carbocycles. The summed E-state index contributed by atoms with van der Waals surface area (Å²) >= 11 is 0. The zero-order valence-corrected chi connectivity index (χ0v) is 29.1. The van der Waals surface area contributed by atoms with Gasteiger partial charge in [0.1, 0.15) is 23.0 Å². The third-order valence-electron chi connectivity index (χ3n) is 9.43. The van der Waals surface area contributed by atoms with Gasteiger partial charge >= 0.3 is 6.16 Å². The summed E-state index contributed by atoms with van der Waals surface area (Å²) in [6.07, 6.45) is 5.14. The van der Waals surface area contributed by atoms with Crippen molar-refractivity contribution in [1.29, 1.82) is 0 Å². The molecule has 4 aromatic carbocycles. The first-order valence-corrected chi connectivity index (χ1v) is 17.0. The lowest BCUT2D eigenvalue weighted by molar-refractivity contribution is -0.0671. The molecule has 0 saturated heterocycles. The molecule has 0 unspecified atom stereocenters. The normalized spacial score (nSPS) is 11.8. The number of hydrogen-bond donors (Lipinski definition) is 4. The summed E-state index contributed by atoms with van der Waals surface area (Å²) in [6.45, 7) is 11.4. The predicted molar refractivity (Wildman–Crippen MR) is 189 cm³/mol. The molecule has 0 aliphatic rings. The van der Waals surface area contributed by atoms with Gasteiger partial charge in [-0.3, -0.25) is 0 Å². The standard InChI is InChI=1S/C41H50O7/c1-7-9-11-21-40(31-13-17-35(42)27(3)23-31,32-14-18-36(43)28(4)24-32)47-39(46)48-41(22-12-10-8-2,33-15-19-37(44)29(5)25-33)34-16-20-38(45)30(6)26-34/h13-20,23-26,42-45H,7-12,21-22H2,1-6H3. The Labute approximate surface area is 284 Å². The van der Waals surface area contributed by atoms with E-state index in [0.29, 0.717) is 57.3 Å². The van der Waals surface area contributed by atoms with Gasteiger partial charge in [0.2, 0.25) is 0 Å². The van der Waals surface area contributed by atoms with Crippen molar-refractivity contribution < 1.29 is 34.7 Å². The summed E-state index contributed by atoms with van der Waals surface area (Å²) in [7, 11) is 0. The Morgan fingerprint density at radius 3 is 1.00 bits per heavy atom. The number of phenolic OH excluding ortho intramolecular Hbond substituents is 4. The van der Waals surface area contributed by atoms with E-state index in [2.05, 4.69) is 13.8 Å². The van der Waals surface area contributed by atoms with Gasteiger partial charge in [0.15, 0.2) is 11.2 Å². The van der Waals surface area contributed by atoms with Gasteiger partial charge in [-0.25, -0.2) is 4.79 Å². The van der Waals surface area contributed by atoms with Gasteiger partial charge in [-0.15, -0.1) is 0 Å². The number of carbonyl (C=O) groups excluding carboxylic acids is 1. The van der Waals surface area contributed by atoms with E-state index >= 15 is 0 Å². The molecule has 0 fully saturated rings. The van der Waals surface area contributed by atoms with E-state index in [-0.39, 0.29) is 23.0 Å². The number of phenols is 4. The van der Waals surface area contributed by atoms with Gasteiger partial charge in [-0.1, -0.05) is 63.8 Å². The highest BCUT2D eigenvalue weighted by atomic mass is 16.7. The van der Waals surface area contributed by atoms with E-state index in [1.807, 2.05) is 24.3 Å². The second-order valence-electron chi connectivity index (χ2n) is 13.0. The smallest absolute Gasteiger partial charge is 0.508 e. The van der Waals surface area contributed by atoms with Crippen molar-refractivity contribution in [3.63, 3.8) is 0 Å². The second kappa shape index (κ2) is 15.5. The maximum absolute atomic E-state index is 14.6. The molecule has 0 aliphatic carbocycles. The molecule has 4 rings (SSSR count). The van der Waals surface area contributed by atoms with E-state index in [1.54, 1.807) is 76.2 Å². The molecule has 0 heterocycles. The minimum atomic E-state index is -1.31. The highest BCUT2D eigenvalue weighted by Crippen LogP contribution is 2.45. The average Bonchev–Trinajstić information content (AvgIpc) is 3.05. The van der Waals surface area contributed by atoms with Crippen LogP contribution in [0, 0.1) is 27.7 Å². The van der Waals surface area contributed by atoms with Crippen LogP contribution >= 0.6 is 0 Å². The number of rotatable bonds is 14. The van der Waals surface area contributed by atoms with Crippen LogP contribution < -0.4 is 0 Å². The first-order chi connectivity index (χ1) is 22.9. The number of aryl methyl sites for hydroxylation is 4. The summed E-state index contributed by atoms with van der Waals surface area (Å²) in [5.74, 6) is 0.522. The maximum Gasteiger partial charge on any atom is 0.510 e. The van der Waals surface area contributed by atoms with Crippen LogP contribution in [0.1, 0.15) is 110 Å². The van der Waals surface area contributed by atoms with Crippen LogP contribution in [0.3, 0.4) is 0 Å². The number of hydrogen-bond acceptors (Lipinski definition) is 7. The fourth-order valence-electron chi connectivity index (χ4n) is 6.43. The van der Waals surface area contributed by atoms with Crippen LogP contribution in [-0.4, -0.2) is 26.6 Å². The van der Waals surface area contributed by atoms with E-state index in [4.69, 9.17) is 9.47 Å². The lowest BCUT2D eigenvalue weighted by Gasteiger charge is -2.39. The largest absolute Gasteiger partial charge is 0.510 e. The molecule has 7 nitrogen and oxygen atoms in total. The summed E-state index contributed by atoms with van der Waals surface area (Å²) < 4.78 is 13.3. The molecule has 0 spiro atoms. The topological polar surface area (TPSA) is 116 Å². The first kappa shape index (κ1) is 36.2. The minimum Gasteiger partial charge on any atom is -0.508 e. The number of ether oxygens (including phenoxy) is 2. The molecule has 4 aromatic rings. The third kappa shape index (κ3) is 7.73. The Hall–Kier alpha value is -4.65. The Kier molecular flexibility index (Phi) is 11.7. The van der Waals surface area contributed by atoms with Crippen molar-refractivity contribution >= 4 is 6.16 Å². The fourth-order valence-corrected chi connectivity index (χ4v) is 6.43. The highest BCUT2D eigenvalue weighted by Gasteiger charge is 2.44. The molecule has 0 amide bonds. The Bertz CT molecular complexity index is 1500. The van der Waals surface area contributed by atoms with Crippen LogP contribution in [0.15, 0.2) is 72.8 Å². The number of carbonyl (C=O) groups is 1. The number of unbranched alkanes of at least 4 members (excludes halogenated alkanes) is 4. The number of aromatic hydroxyl groups is 4. The van der Waals surface area contributed by atoms with Crippen molar-refractivity contribution in [3.8, 4) is 23.0 Å². The molecule has 4 N–H and O–H groups in total. The van der Waals surface area contributed by atoms with E-state index in [9.17, 15) is 25.2 Å². The van der Waals surface area contributed by atoms with Crippen LogP contribution in [-0.2, 0) is 20.7 Å². The van der Waals surface area contributed by atoms with Gasteiger partial charge < -0.3 is 29.9 Å². The van der Waals surface area contributed by atoms with Crippen molar-refractivity contribution in [2.75, 3.05) is 0 Å². The van der Waals surface area contributed by atoms with Gasteiger partial charge in [-0.05, 0) is 124 Å². The monoisotopic (exact) mass is 654 g/mol. The molecule has 0 atom stereocenters. The van der Waals surface area contributed by atoms with E-state index in [0.717, 1.165) is 38.5 Å². The average molecular weight is 655 g/mol. The Morgan fingerprint density at radius 1 is 0.500 bits per heavy atom. The molecule has 0 aliphatic heterocycles. The predicted octanol–water partition coefficient (Wildman–Crippen LogP) is 10.2.